The molecule has 0 atom stereocenters. The molecule has 0 saturated carbocycles. The number of nitrogens with zero attached hydrogens (tertiary/aromatic N) is 2. The van der Waals surface area contributed by atoms with E-state index in [2.05, 4.69) is 10.3 Å². The lowest BCUT2D eigenvalue weighted by Crippen LogP contribution is -2.24. The summed E-state index contributed by atoms with van der Waals surface area (Å²) in [6, 6.07) is 14.0. The Hall–Kier alpha value is -3.06. The maximum atomic E-state index is 12.1. The first-order valence-electron chi connectivity index (χ1n) is 8.03. The fraction of sp³-hybridized carbons (Fsp3) is 0.158. The quantitative estimate of drug-likeness (QED) is 0.529. The zero-order chi connectivity index (χ0) is 18.5. The molecule has 132 valence electrons. The molecule has 0 aliphatic carbocycles. The molecule has 3 aromatic rings. The number of aryl methyl sites for hydroxylation is 1. The van der Waals surface area contributed by atoms with Gasteiger partial charge in [-0.3, -0.25) is 14.9 Å². The van der Waals surface area contributed by atoms with Crippen LogP contribution in [0, 0.1) is 17.0 Å². The Labute approximate surface area is 154 Å². The molecular formula is C19H17N3O3S. The van der Waals surface area contributed by atoms with Crippen molar-refractivity contribution in [1.82, 2.24) is 10.3 Å². The summed E-state index contributed by atoms with van der Waals surface area (Å²) in [5.74, 6) is -0.131. The number of nitrogens with one attached hydrogen (secondary N) is 1. The molecule has 6 nitrogen and oxygen atoms in total. The molecule has 1 heterocycles. The van der Waals surface area contributed by atoms with E-state index in [9.17, 15) is 14.9 Å². The fourth-order valence-electron chi connectivity index (χ4n) is 2.52. The molecule has 0 aliphatic heterocycles. The minimum Gasteiger partial charge on any atom is -0.352 e. The molecular weight excluding hydrogens is 350 g/mol. The smallest absolute Gasteiger partial charge is 0.269 e. The van der Waals surface area contributed by atoms with Crippen LogP contribution in [0.1, 0.15) is 16.1 Å². The average Bonchev–Trinajstić information content (AvgIpc) is 3.07. The molecule has 26 heavy (non-hydrogen) atoms. The van der Waals surface area contributed by atoms with Gasteiger partial charge in [-0.2, -0.15) is 0 Å². The van der Waals surface area contributed by atoms with Gasteiger partial charge in [0.05, 0.1) is 22.0 Å². The molecule has 1 amide bonds. The number of benzene rings is 2. The second-order valence-electron chi connectivity index (χ2n) is 5.83. The number of thiazole rings is 1. The number of rotatable bonds is 6. The zero-order valence-electron chi connectivity index (χ0n) is 14.1. The van der Waals surface area contributed by atoms with Crippen LogP contribution >= 0.6 is 11.3 Å². The van der Waals surface area contributed by atoms with Gasteiger partial charge >= 0.3 is 0 Å². The van der Waals surface area contributed by atoms with Crippen LogP contribution in [-0.2, 0) is 17.8 Å². The highest BCUT2D eigenvalue weighted by atomic mass is 32.1. The summed E-state index contributed by atoms with van der Waals surface area (Å²) in [7, 11) is 0. The molecule has 3 rings (SSSR count). The van der Waals surface area contributed by atoms with Gasteiger partial charge in [0.1, 0.15) is 0 Å². The van der Waals surface area contributed by atoms with Crippen molar-refractivity contribution in [1.29, 1.82) is 0 Å². The van der Waals surface area contributed by atoms with Crippen molar-refractivity contribution < 1.29 is 9.72 Å². The Kier molecular flexibility index (Phi) is 5.38. The Morgan fingerprint density at radius 3 is 2.62 bits per heavy atom. The number of hydrogen-bond donors (Lipinski definition) is 1. The van der Waals surface area contributed by atoms with E-state index >= 15 is 0 Å². The summed E-state index contributed by atoms with van der Waals surface area (Å²) >= 11 is 1.60. The lowest BCUT2D eigenvalue weighted by atomic mass is 10.1. The maximum Gasteiger partial charge on any atom is 0.269 e. The summed E-state index contributed by atoms with van der Waals surface area (Å²) in [6.45, 7) is 2.23. The van der Waals surface area contributed by atoms with E-state index in [1.54, 1.807) is 23.5 Å². The lowest BCUT2D eigenvalue weighted by molar-refractivity contribution is -0.384. The van der Waals surface area contributed by atoms with Gasteiger partial charge in [0, 0.05) is 29.6 Å². The van der Waals surface area contributed by atoms with Crippen molar-refractivity contribution >= 4 is 22.9 Å². The standard InChI is InChI=1S/C19H17N3O3S/c1-13-21-18(12-26-13)16-7-5-14(6-8-16)10-19(23)20-11-15-3-2-4-17(9-15)22(24)25/h2-9,12H,10-11H2,1H3,(H,20,23). The van der Waals surface area contributed by atoms with Crippen molar-refractivity contribution in [2.45, 2.75) is 19.9 Å². The van der Waals surface area contributed by atoms with Crippen LogP contribution in [0.15, 0.2) is 53.9 Å². The first-order chi connectivity index (χ1) is 12.5. The zero-order valence-corrected chi connectivity index (χ0v) is 15.0. The van der Waals surface area contributed by atoms with Gasteiger partial charge in [0.25, 0.3) is 5.69 Å². The predicted molar refractivity (Wildman–Crippen MR) is 101 cm³/mol. The van der Waals surface area contributed by atoms with Crippen LogP contribution in [-0.4, -0.2) is 15.8 Å². The van der Waals surface area contributed by atoms with Crippen LogP contribution in [0.5, 0.6) is 0 Å². The van der Waals surface area contributed by atoms with Crippen LogP contribution in [0.2, 0.25) is 0 Å². The van der Waals surface area contributed by atoms with Crippen molar-refractivity contribution in [2.24, 2.45) is 0 Å². The third kappa shape index (κ3) is 4.52. The summed E-state index contributed by atoms with van der Waals surface area (Å²) in [4.78, 5) is 26.9. The highest BCUT2D eigenvalue weighted by molar-refractivity contribution is 7.09. The Morgan fingerprint density at radius 2 is 1.96 bits per heavy atom. The Morgan fingerprint density at radius 1 is 1.19 bits per heavy atom. The number of carbonyl (C=O) groups is 1. The van der Waals surface area contributed by atoms with Crippen LogP contribution < -0.4 is 5.32 Å². The highest BCUT2D eigenvalue weighted by Crippen LogP contribution is 2.22. The van der Waals surface area contributed by atoms with Crippen molar-refractivity contribution in [3.05, 3.63) is 80.2 Å². The topological polar surface area (TPSA) is 85.1 Å². The second-order valence-corrected chi connectivity index (χ2v) is 6.89. The number of amides is 1. The van der Waals surface area contributed by atoms with Gasteiger partial charge in [-0.05, 0) is 18.1 Å². The van der Waals surface area contributed by atoms with E-state index in [1.165, 1.54) is 12.1 Å². The van der Waals surface area contributed by atoms with Crippen molar-refractivity contribution in [3.63, 3.8) is 0 Å². The van der Waals surface area contributed by atoms with Gasteiger partial charge in [-0.15, -0.1) is 11.3 Å². The van der Waals surface area contributed by atoms with E-state index in [4.69, 9.17) is 0 Å². The van der Waals surface area contributed by atoms with E-state index in [1.807, 2.05) is 36.6 Å². The van der Waals surface area contributed by atoms with Crippen molar-refractivity contribution in [3.8, 4) is 11.3 Å². The Bertz CT molecular complexity index is 935. The van der Waals surface area contributed by atoms with Gasteiger partial charge in [-0.25, -0.2) is 4.98 Å². The Balaban J connectivity index is 1.56. The van der Waals surface area contributed by atoms with Gasteiger partial charge in [-0.1, -0.05) is 36.4 Å². The summed E-state index contributed by atoms with van der Waals surface area (Å²) in [5, 5.41) is 16.6. The van der Waals surface area contributed by atoms with Crippen LogP contribution in [0.25, 0.3) is 11.3 Å². The fourth-order valence-corrected chi connectivity index (χ4v) is 3.14. The van der Waals surface area contributed by atoms with Gasteiger partial charge < -0.3 is 5.32 Å². The molecule has 0 radical (unpaired) electrons. The molecule has 0 aliphatic rings. The molecule has 1 N–H and O–H groups in total. The number of hydrogen-bond acceptors (Lipinski definition) is 5. The molecule has 0 bridgehead atoms. The monoisotopic (exact) mass is 367 g/mol. The van der Waals surface area contributed by atoms with Crippen LogP contribution in [0.3, 0.4) is 0 Å². The average molecular weight is 367 g/mol. The molecule has 0 saturated heterocycles. The molecule has 2 aromatic carbocycles. The largest absolute Gasteiger partial charge is 0.352 e. The number of aromatic nitrogens is 1. The summed E-state index contributed by atoms with van der Waals surface area (Å²) in [6.07, 6.45) is 0.255. The predicted octanol–water partition coefficient (Wildman–Crippen LogP) is 3.89. The first kappa shape index (κ1) is 17.8. The summed E-state index contributed by atoms with van der Waals surface area (Å²) < 4.78 is 0. The first-order valence-corrected chi connectivity index (χ1v) is 8.91. The van der Waals surface area contributed by atoms with Crippen molar-refractivity contribution in [2.75, 3.05) is 0 Å². The molecule has 0 unspecified atom stereocenters. The number of nitro benzene ring substituents is 1. The maximum absolute atomic E-state index is 12.1. The van der Waals surface area contributed by atoms with Crippen LogP contribution in [0.4, 0.5) is 5.69 Å². The normalized spacial score (nSPS) is 10.5. The highest BCUT2D eigenvalue weighted by Gasteiger charge is 2.08. The molecule has 0 spiro atoms. The summed E-state index contributed by atoms with van der Waals surface area (Å²) in [5.41, 5.74) is 3.58. The van der Waals surface area contributed by atoms with Gasteiger partial charge in [0.2, 0.25) is 5.91 Å². The van der Waals surface area contributed by atoms with E-state index in [0.717, 1.165) is 21.8 Å². The third-order valence-corrected chi connectivity index (χ3v) is 4.62. The van der Waals surface area contributed by atoms with E-state index in [-0.39, 0.29) is 24.6 Å². The number of non-ortho nitro benzene ring substituents is 1. The minimum absolute atomic E-state index is 0.0182. The van der Waals surface area contributed by atoms with E-state index < -0.39 is 4.92 Å². The SMILES string of the molecule is Cc1nc(-c2ccc(CC(=O)NCc3cccc([N+](=O)[O-])c3)cc2)cs1. The second kappa shape index (κ2) is 7.88. The number of carbonyl (C=O) groups excluding carboxylic acids is 1. The molecule has 0 fully saturated rings. The lowest BCUT2D eigenvalue weighted by Gasteiger charge is -2.06. The van der Waals surface area contributed by atoms with E-state index in [0.29, 0.717) is 5.56 Å². The minimum atomic E-state index is -0.448. The number of nitro groups is 1. The van der Waals surface area contributed by atoms with Gasteiger partial charge in [0.15, 0.2) is 0 Å². The third-order valence-electron chi connectivity index (χ3n) is 3.84. The molecule has 7 heteroatoms. The molecule has 1 aromatic heterocycles.